The van der Waals surface area contributed by atoms with Gasteiger partial charge in [-0.2, -0.15) is 9.40 Å². The summed E-state index contributed by atoms with van der Waals surface area (Å²) in [5.41, 5.74) is 0. The molecule has 0 aliphatic heterocycles. The highest BCUT2D eigenvalue weighted by Crippen LogP contribution is 2.29. The molecule has 0 radical (unpaired) electrons. The van der Waals surface area contributed by atoms with Crippen LogP contribution in [0.5, 0.6) is 0 Å². The Morgan fingerprint density at radius 2 is 2.28 bits per heavy atom. The number of hydrogen-bond acceptors (Lipinski definition) is 3. The number of aromatic nitrogens is 2. The Bertz CT molecular complexity index is 496. The van der Waals surface area contributed by atoms with E-state index >= 15 is 0 Å². The van der Waals surface area contributed by atoms with Crippen molar-refractivity contribution in [3.8, 4) is 0 Å². The lowest BCUT2D eigenvalue weighted by Gasteiger charge is -2.36. The van der Waals surface area contributed by atoms with Gasteiger partial charge in [-0.1, -0.05) is 22.4 Å². The van der Waals surface area contributed by atoms with Crippen LogP contribution in [0.4, 0.5) is 0 Å². The molecule has 0 atom stereocenters. The number of hydrogen-bond donors (Lipinski definition) is 0. The molecule has 1 aromatic heterocycles. The smallest absolute Gasteiger partial charge is 0.256 e. The Morgan fingerprint density at radius 1 is 1.56 bits per heavy atom. The summed E-state index contributed by atoms with van der Waals surface area (Å²) < 4.78 is 28.3. The molecule has 0 amide bonds. The van der Waals surface area contributed by atoms with Crippen molar-refractivity contribution in [2.45, 2.75) is 36.8 Å². The minimum absolute atomic E-state index is 0.170. The average Bonchev–Trinajstić information content (AvgIpc) is 2.68. The van der Waals surface area contributed by atoms with Gasteiger partial charge in [-0.25, -0.2) is 8.42 Å². The van der Waals surface area contributed by atoms with Gasteiger partial charge in [0.05, 0.1) is 6.20 Å². The zero-order chi connectivity index (χ0) is 13.2. The fourth-order valence-corrected chi connectivity index (χ4v) is 4.20. The van der Waals surface area contributed by atoms with E-state index in [1.807, 2.05) is 0 Å². The number of halogens is 1. The summed E-state index contributed by atoms with van der Waals surface area (Å²) in [6, 6.07) is 1.73. The molecule has 0 unspecified atom stereocenters. The summed E-state index contributed by atoms with van der Waals surface area (Å²) in [6.45, 7) is 0.573. The van der Waals surface area contributed by atoms with E-state index in [2.05, 4.69) is 21.0 Å². The normalized spacial score (nSPS) is 17.1. The van der Waals surface area contributed by atoms with Gasteiger partial charge in [0.1, 0.15) is 0 Å². The third-order valence-electron chi connectivity index (χ3n) is 3.34. The second kappa shape index (κ2) is 5.71. The maximum atomic E-state index is 12.6. The number of aryl methyl sites for hydroxylation is 1. The van der Waals surface area contributed by atoms with Crippen molar-refractivity contribution < 1.29 is 8.42 Å². The van der Waals surface area contributed by atoms with Gasteiger partial charge in [0, 0.05) is 25.0 Å². The zero-order valence-corrected chi connectivity index (χ0v) is 12.8. The first-order valence-corrected chi connectivity index (χ1v) is 8.69. The van der Waals surface area contributed by atoms with Crippen molar-refractivity contribution in [1.82, 2.24) is 14.1 Å². The Kier molecular flexibility index (Phi) is 4.45. The van der Waals surface area contributed by atoms with Crippen LogP contribution in [-0.4, -0.2) is 40.4 Å². The van der Waals surface area contributed by atoms with Crippen molar-refractivity contribution >= 4 is 26.0 Å². The Balaban J connectivity index is 2.26. The molecular formula is C11H18BrN3O2S. The van der Waals surface area contributed by atoms with Crippen molar-refractivity contribution in [3.05, 3.63) is 12.3 Å². The third-order valence-corrected chi connectivity index (χ3v) is 5.93. The van der Waals surface area contributed by atoms with Crippen LogP contribution >= 0.6 is 15.9 Å². The molecule has 0 bridgehead atoms. The average molecular weight is 336 g/mol. The van der Waals surface area contributed by atoms with E-state index in [0.29, 0.717) is 6.54 Å². The zero-order valence-electron chi connectivity index (χ0n) is 10.4. The van der Waals surface area contributed by atoms with Gasteiger partial charge < -0.3 is 0 Å². The lowest BCUT2D eigenvalue weighted by molar-refractivity contribution is 0.219. The summed E-state index contributed by atoms with van der Waals surface area (Å²) in [7, 11) is -1.74. The van der Waals surface area contributed by atoms with Crippen molar-refractivity contribution in [2.75, 3.05) is 11.9 Å². The standard InChI is InChI=1S/C11H18BrN3O2S/c1-14-11(6-8-13-14)18(16,17)15(9-3-7-12)10-4-2-5-10/h6,8,10H,2-5,7,9H2,1H3. The number of alkyl halides is 1. The molecule has 1 saturated carbocycles. The van der Waals surface area contributed by atoms with E-state index in [1.54, 1.807) is 17.4 Å². The van der Waals surface area contributed by atoms with E-state index in [-0.39, 0.29) is 11.1 Å². The van der Waals surface area contributed by atoms with Gasteiger partial charge in [0.2, 0.25) is 0 Å². The molecule has 18 heavy (non-hydrogen) atoms. The Morgan fingerprint density at radius 3 is 2.72 bits per heavy atom. The van der Waals surface area contributed by atoms with Gasteiger partial charge in [-0.05, 0) is 25.3 Å². The maximum absolute atomic E-state index is 12.6. The third kappa shape index (κ3) is 2.62. The van der Waals surface area contributed by atoms with E-state index in [9.17, 15) is 8.42 Å². The van der Waals surface area contributed by atoms with Crippen LogP contribution in [0, 0.1) is 0 Å². The summed E-state index contributed by atoms with van der Waals surface area (Å²) in [6.07, 6.45) is 5.42. The molecule has 102 valence electrons. The van der Waals surface area contributed by atoms with Crippen LogP contribution in [0.1, 0.15) is 25.7 Å². The van der Waals surface area contributed by atoms with Gasteiger partial charge in [-0.15, -0.1) is 0 Å². The van der Waals surface area contributed by atoms with Crippen molar-refractivity contribution in [3.63, 3.8) is 0 Å². The highest BCUT2D eigenvalue weighted by atomic mass is 79.9. The predicted molar refractivity (Wildman–Crippen MR) is 73.1 cm³/mol. The highest BCUT2D eigenvalue weighted by molar-refractivity contribution is 9.09. The molecule has 1 aromatic rings. The van der Waals surface area contributed by atoms with Crippen LogP contribution in [-0.2, 0) is 17.1 Å². The van der Waals surface area contributed by atoms with Crippen LogP contribution in [0.15, 0.2) is 17.3 Å². The van der Waals surface area contributed by atoms with Crippen LogP contribution in [0.25, 0.3) is 0 Å². The highest BCUT2D eigenvalue weighted by Gasteiger charge is 2.35. The fourth-order valence-electron chi connectivity index (χ4n) is 2.12. The van der Waals surface area contributed by atoms with E-state index < -0.39 is 10.0 Å². The van der Waals surface area contributed by atoms with Crippen LogP contribution < -0.4 is 0 Å². The van der Waals surface area contributed by atoms with Gasteiger partial charge in [0.25, 0.3) is 10.0 Å². The fraction of sp³-hybridized carbons (Fsp3) is 0.727. The van der Waals surface area contributed by atoms with E-state index in [1.165, 1.54) is 10.9 Å². The van der Waals surface area contributed by atoms with Gasteiger partial charge in [0.15, 0.2) is 5.03 Å². The Labute approximate surface area is 116 Å². The van der Waals surface area contributed by atoms with Gasteiger partial charge in [-0.3, -0.25) is 4.68 Å². The molecule has 0 saturated heterocycles. The maximum Gasteiger partial charge on any atom is 0.260 e. The second-order valence-corrected chi connectivity index (χ2v) is 7.17. The quantitative estimate of drug-likeness (QED) is 0.744. The summed E-state index contributed by atoms with van der Waals surface area (Å²) in [5, 5.41) is 5.05. The molecule has 0 aromatic carbocycles. The summed E-state index contributed by atoms with van der Waals surface area (Å²) in [4.78, 5) is 0. The molecule has 5 nitrogen and oxygen atoms in total. The van der Waals surface area contributed by atoms with Crippen molar-refractivity contribution in [2.24, 2.45) is 7.05 Å². The second-order valence-electron chi connectivity index (χ2n) is 4.54. The lowest BCUT2D eigenvalue weighted by atomic mass is 9.93. The minimum Gasteiger partial charge on any atom is -0.256 e. The topological polar surface area (TPSA) is 55.2 Å². The molecule has 1 aliphatic rings. The largest absolute Gasteiger partial charge is 0.260 e. The van der Waals surface area contributed by atoms with Gasteiger partial charge >= 0.3 is 0 Å². The number of rotatable bonds is 6. The monoisotopic (exact) mass is 335 g/mol. The molecule has 1 aliphatic carbocycles. The molecular weight excluding hydrogens is 318 g/mol. The Hall–Kier alpha value is -0.400. The van der Waals surface area contributed by atoms with E-state index in [0.717, 1.165) is 31.0 Å². The summed E-state index contributed by atoms with van der Waals surface area (Å²) >= 11 is 3.36. The van der Waals surface area contributed by atoms with Crippen molar-refractivity contribution in [1.29, 1.82) is 0 Å². The predicted octanol–water partition coefficient (Wildman–Crippen LogP) is 1.75. The number of nitrogens with zero attached hydrogens (tertiary/aromatic N) is 3. The lowest BCUT2D eigenvalue weighted by Crippen LogP contribution is -2.45. The number of sulfonamides is 1. The van der Waals surface area contributed by atoms with Crippen LogP contribution in [0.2, 0.25) is 0 Å². The first-order chi connectivity index (χ1) is 8.57. The van der Waals surface area contributed by atoms with E-state index in [4.69, 9.17) is 0 Å². The molecule has 2 rings (SSSR count). The van der Waals surface area contributed by atoms with Crippen LogP contribution in [0.3, 0.4) is 0 Å². The SMILES string of the molecule is Cn1nccc1S(=O)(=O)N(CCCBr)C1CCC1. The molecule has 1 heterocycles. The molecule has 7 heteroatoms. The first-order valence-electron chi connectivity index (χ1n) is 6.13. The summed E-state index contributed by atoms with van der Waals surface area (Å²) in [5.74, 6) is 0. The molecule has 0 spiro atoms. The minimum atomic E-state index is -3.41. The molecule has 1 fully saturated rings. The molecule has 0 N–H and O–H groups in total. The first kappa shape index (κ1) is 14.0.